The summed E-state index contributed by atoms with van der Waals surface area (Å²) in [7, 11) is 0. The third-order valence-electron chi connectivity index (χ3n) is 1.83. The van der Waals surface area contributed by atoms with Gasteiger partial charge in [-0.25, -0.2) is 4.79 Å². The Morgan fingerprint density at radius 3 is 2.53 bits per heavy atom. The molecular weight excluding hydrogens is 198 g/mol. The fourth-order valence-corrected chi connectivity index (χ4v) is 1.09. The molecule has 80 valence electrons. The van der Waals surface area contributed by atoms with Crippen molar-refractivity contribution in [2.45, 2.75) is 13.5 Å². The third-order valence-corrected chi connectivity index (χ3v) is 1.83. The minimum absolute atomic E-state index is 0.151. The molecule has 5 heteroatoms. The van der Waals surface area contributed by atoms with Gasteiger partial charge in [0.2, 0.25) is 5.91 Å². The summed E-state index contributed by atoms with van der Waals surface area (Å²) in [5, 5.41) is 20.5. The van der Waals surface area contributed by atoms with Crippen LogP contribution in [0.2, 0.25) is 0 Å². The van der Waals surface area contributed by atoms with Crippen LogP contribution in [0.1, 0.15) is 22.8 Å². The van der Waals surface area contributed by atoms with Crippen molar-refractivity contribution in [3.05, 3.63) is 29.3 Å². The van der Waals surface area contributed by atoms with Gasteiger partial charge in [-0.15, -0.1) is 0 Å². The van der Waals surface area contributed by atoms with Crippen molar-refractivity contribution in [3.8, 4) is 5.75 Å². The van der Waals surface area contributed by atoms with Crippen LogP contribution >= 0.6 is 0 Å². The molecule has 5 nitrogen and oxygen atoms in total. The van der Waals surface area contributed by atoms with Crippen LogP contribution in [0.5, 0.6) is 5.75 Å². The number of amides is 1. The number of aromatic carboxylic acids is 1. The van der Waals surface area contributed by atoms with Gasteiger partial charge in [0, 0.05) is 13.5 Å². The number of aromatic hydroxyl groups is 1. The van der Waals surface area contributed by atoms with Crippen molar-refractivity contribution in [1.82, 2.24) is 5.32 Å². The second-order valence-electron chi connectivity index (χ2n) is 3.07. The summed E-state index contributed by atoms with van der Waals surface area (Å²) in [6.07, 6.45) is 0. The van der Waals surface area contributed by atoms with Gasteiger partial charge in [0.1, 0.15) is 11.3 Å². The lowest BCUT2D eigenvalue weighted by atomic mass is 10.1. The topological polar surface area (TPSA) is 86.6 Å². The summed E-state index contributed by atoms with van der Waals surface area (Å²) >= 11 is 0. The van der Waals surface area contributed by atoms with Crippen LogP contribution in [-0.4, -0.2) is 22.1 Å². The number of phenols is 1. The molecule has 1 aromatic carbocycles. The maximum atomic E-state index is 10.6. The maximum Gasteiger partial charge on any atom is 0.339 e. The van der Waals surface area contributed by atoms with Crippen molar-refractivity contribution in [3.63, 3.8) is 0 Å². The highest BCUT2D eigenvalue weighted by molar-refractivity contribution is 5.90. The molecule has 0 aliphatic rings. The largest absolute Gasteiger partial charge is 0.507 e. The summed E-state index contributed by atoms with van der Waals surface area (Å²) in [5.41, 5.74) is 0.495. The first-order chi connectivity index (χ1) is 7.00. The maximum absolute atomic E-state index is 10.6. The number of carboxylic acids is 1. The highest BCUT2D eigenvalue weighted by atomic mass is 16.4. The summed E-state index contributed by atoms with van der Waals surface area (Å²) in [5.74, 6) is -1.67. The van der Waals surface area contributed by atoms with Crippen molar-refractivity contribution in [1.29, 1.82) is 0 Å². The lowest BCUT2D eigenvalue weighted by Gasteiger charge is -2.04. The second-order valence-corrected chi connectivity index (χ2v) is 3.07. The smallest absolute Gasteiger partial charge is 0.339 e. The molecule has 0 saturated heterocycles. The van der Waals surface area contributed by atoms with Crippen LogP contribution in [0.4, 0.5) is 0 Å². The van der Waals surface area contributed by atoms with Gasteiger partial charge in [0.25, 0.3) is 0 Å². The van der Waals surface area contributed by atoms with Crippen LogP contribution in [0.25, 0.3) is 0 Å². The molecule has 0 atom stereocenters. The van der Waals surface area contributed by atoms with Gasteiger partial charge < -0.3 is 15.5 Å². The fraction of sp³-hybridized carbons (Fsp3) is 0.200. The number of rotatable bonds is 3. The first-order valence-electron chi connectivity index (χ1n) is 4.30. The van der Waals surface area contributed by atoms with Crippen LogP contribution in [0.15, 0.2) is 18.2 Å². The molecule has 0 spiro atoms. The Labute approximate surface area is 86.4 Å². The number of hydrogen-bond acceptors (Lipinski definition) is 3. The number of carboxylic acid groups (broad SMARTS) is 1. The predicted molar refractivity (Wildman–Crippen MR) is 52.6 cm³/mol. The quantitative estimate of drug-likeness (QED) is 0.684. The van der Waals surface area contributed by atoms with Crippen LogP contribution < -0.4 is 5.32 Å². The zero-order chi connectivity index (χ0) is 11.4. The van der Waals surface area contributed by atoms with Gasteiger partial charge in [0.05, 0.1) is 0 Å². The monoisotopic (exact) mass is 209 g/mol. The fourth-order valence-electron chi connectivity index (χ4n) is 1.09. The van der Waals surface area contributed by atoms with E-state index in [4.69, 9.17) is 5.11 Å². The van der Waals surface area contributed by atoms with E-state index in [9.17, 15) is 14.7 Å². The zero-order valence-electron chi connectivity index (χ0n) is 8.15. The molecule has 15 heavy (non-hydrogen) atoms. The van der Waals surface area contributed by atoms with Crippen molar-refractivity contribution in [2.75, 3.05) is 0 Å². The Hall–Kier alpha value is -2.04. The number of nitrogens with one attached hydrogen (secondary N) is 1. The molecule has 1 aromatic rings. The molecule has 0 unspecified atom stereocenters. The van der Waals surface area contributed by atoms with E-state index in [1.165, 1.54) is 19.1 Å². The number of carbonyl (C=O) groups excluding carboxylic acids is 1. The summed E-state index contributed by atoms with van der Waals surface area (Å²) < 4.78 is 0. The lowest BCUT2D eigenvalue weighted by molar-refractivity contribution is -0.119. The zero-order valence-corrected chi connectivity index (χ0v) is 8.15. The van der Waals surface area contributed by atoms with E-state index < -0.39 is 5.97 Å². The normalized spacial score (nSPS) is 9.67. The van der Waals surface area contributed by atoms with Crippen LogP contribution in [0, 0.1) is 0 Å². The summed E-state index contributed by atoms with van der Waals surface area (Å²) in [4.78, 5) is 21.2. The summed E-state index contributed by atoms with van der Waals surface area (Å²) in [6.45, 7) is 1.65. The highest BCUT2D eigenvalue weighted by Crippen LogP contribution is 2.18. The Morgan fingerprint density at radius 2 is 2.07 bits per heavy atom. The first-order valence-corrected chi connectivity index (χ1v) is 4.30. The molecule has 0 aliphatic heterocycles. The number of benzene rings is 1. The van der Waals surface area contributed by atoms with Crippen LogP contribution in [0.3, 0.4) is 0 Å². The van der Waals surface area contributed by atoms with E-state index in [0.717, 1.165) is 0 Å². The molecule has 0 fully saturated rings. The number of carbonyl (C=O) groups is 2. The molecule has 0 heterocycles. The van der Waals surface area contributed by atoms with Crippen molar-refractivity contribution >= 4 is 11.9 Å². The average molecular weight is 209 g/mol. The van der Waals surface area contributed by atoms with Gasteiger partial charge in [0.15, 0.2) is 0 Å². The molecule has 0 aliphatic carbocycles. The van der Waals surface area contributed by atoms with Crippen molar-refractivity contribution < 1.29 is 19.8 Å². The Balaban J connectivity index is 2.82. The van der Waals surface area contributed by atoms with E-state index in [1.807, 2.05) is 0 Å². The highest BCUT2D eigenvalue weighted by Gasteiger charge is 2.09. The van der Waals surface area contributed by atoms with Gasteiger partial charge in [-0.2, -0.15) is 0 Å². The molecule has 1 rings (SSSR count). The third kappa shape index (κ3) is 2.98. The standard InChI is InChI=1S/C10H11NO4/c1-6(12)11-5-7-2-3-8(10(14)15)9(13)4-7/h2-4,13H,5H2,1H3,(H,11,12)(H,14,15). The second kappa shape index (κ2) is 4.45. The predicted octanol–water partition coefficient (Wildman–Crippen LogP) is 0.726. The van der Waals surface area contributed by atoms with E-state index >= 15 is 0 Å². The van der Waals surface area contributed by atoms with Gasteiger partial charge in [-0.1, -0.05) is 6.07 Å². The van der Waals surface area contributed by atoms with Gasteiger partial charge >= 0.3 is 5.97 Å². The minimum Gasteiger partial charge on any atom is -0.507 e. The van der Waals surface area contributed by atoms with E-state index in [-0.39, 0.29) is 23.8 Å². The molecule has 0 aromatic heterocycles. The molecule has 3 N–H and O–H groups in total. The van der Waals surface area contributed by atoms with Crippen molar-refractivity contribution in [2.24, 2.45) is 0 Å². The average Bonchev–Trinajstić information content (AvgIpc) is 2.14. The van der Waals surface area contributed by atoms with Crippen LogP contribution in [-0.2, 0) is 11.3 Å². The molecule has 1 amide bonds. The molecule has 0 bridgehead atoms. The molecular formula is C10H11NO4. The SMILES string of the molecule is CC(=O)NCc1ccc(C(=O)O)c(O)c1. The summed E-state index contributed by atoms with van der Waals surface area (Å²) in [6, 6.07) is 4.16. The van der Waals surface area contributed by atoms with E-state index in [0.29, 0.717) is 5.56 Å². The molecule has 0 radical (unpaired) electrons. The number of hydrogen-bond donors (Lipinski definition) is 3. The Bertz CT molecular complexity index is 400. The molecule has 0 saturated carbocycles. The van der Waals surface area contributed by atoms with E-state index in [2.05, 4.69) is 5.32 Å². The first kappa shape index (κ1) is 11.0. The van der Waals surface area contributed by atoms with E-state index in [1.54, 1.807) is 6.07 Å². The Morgan fingerprint density at radius 1 is 1.40 bits per heavy atom. The van der Waals surface area contributed by atoms with Gasteiger partial charge in [-0.3, -0.25) is 4.79 Å². The van der Waals surface area contributed by atoms with Gasteiger partial charge in [-0.05, 0) is 17.7 Å². The minimum atomic E-state index is -1.18. The lowest BCUT2D eigenvalue weighted by Crippen LogP contribution is -2.18. The Kier molecular flexibility index (Phi) is 3.28.